The fourth-order valence-corrected chi connectivity index (χ4v) is 4.19. The largest absolute Gasteiger partial charge is 0.377 e. The molecule has 2 aliphatic heterocycles. The summed E-state index contributed by atoms with van der Waals surface area (Å²) in [6.07, 6.45) is 7.93. The zero-order valence-corrected chi connectivity index (χ0v) is 15.6. The average Bonchev–Trinajstić information content (AvgIpc) is 3.13. The van der Waals surface area contributed by atoms with Gasteiger partial charge in [-0.15, -0.1) is 0 Å². The van der Waals surface area contributed by atoms with Crippen molar-refractivity contribution in [2.45, 2.75) is 38.9 Å². The van der Waals surface area contributed by atoms with E-state index in [0.29, 0.717) is 37.6 Å². The summed E-state index contributed by atoms with van der Waals surface area (Å²) >= 11 is 0. The molecule has 0 unspecified atom stereocenters. The standard InChI is InChI=1S/C20H25N3O4/c1-15-17(12-27-22-15)19(24)23-9-5-18-20(13-23,6-2-10-26-18)14-25-11-16-3-7-21-8-4-16/h3-4,7-8,12,18H,2,5-6,9-11,13-14H2,1H3/t18-,20+/m0/s1. The molecule has 0 bridgehead atoms. The predicted molar refractivity (Wildman–Crippen MR) is 97.1 cm³/mol. The van der Waals surface area contributed by atoms with Crippen LogP contribution in [0.3, 0.4) is 0 Å². The Morgan fingerprint density at radius 3 is 3.04 bits per heavy atom. The highest BCUT2D eigenvalue weighted by Crippen LogP contribution is 2.41. The fraction of sp³-hybridized carbons (Fsp3) is 0.550. The number of carbonyl (C=O) groups excluding carboxylic acids is 1. The van der Waals surface area contributed by atoms with Crippen LogP contribution in [0.2, 0.25) is 0 Å². The van der Waals surface area contributed by atoms with Crippen molar-refractivity contribution >= 4 is 5.91 Å². The maximum atomic E-state index is 12.9. The van der Waals surface area contributed by atoms with Gasteiger partial charge in [0, 0.05) is 37.5 Å². The third kappa shape index (κ3) is 3.75. The first kappa shape index (κ1) is 18.1. The molecule has 2 atom stereocenters. The van der Waals surface area contributed by atoms with E-state index in [2.05, 4.69) is 10.1 Å². The van der Waals surface area contributed by atoms with Crippen LogP contribution in [-0.2, 0) is 16.1 Å². The van der Waals surface area contributed by atoms with Crippen molar-refractivity contribution in [3.8, 4) is 0 Å². The number of rotatable bonds is 5. The normalized spacial score (nSPS) is 25.2. The molecule has 27 heavy (non-hydrogen) atoms. The second kappa shape index (κ2) is 7.78. The van der Waals surface area contributed by atoms with Gasteiger partial charge in [-0.2, -0.15) is 0 Å². The molecule has 0 saturated carbocycles. The molecule has 2 fully saturated rings. The molecule has 7 nitrogen and oxygen atoms in total. The van der Waals surface area contributed by atoms with Gasteiger partial charge in [0.2, 0.25) is 0 Å². The molecule has 1 amide bonds. The third-order valence-corrected chi connectivity index (χ3v) is 5.66. The molecule has 2 aliphatic rings. The fourth-order valence-electron chi connectivity index (χ4n) is 4.19. The van der Waals surface area contributed by atoms with E-state index in [1.165, 1.54) is 6.26 Å². The number of fused-ring (bicyclic) bond motifs is 1. The lowest BCUT2D eigenvalue weighted by atomic mass is 9.73. The van der Waals surface area contributed by atoms with E-state index in [4.69, 9.17) is 14.0 Å². The summed E-state index contributed by atoms with van der Waals surface area (Å²) in [5, 5.41) is 3.84. The van der Waals surface area contributed by atoms with E-state index in [0.717, 1.165) is 31.4 Å². The number of pyridine rings is 1. The van der Waals surface area contributed by atoms with Crippen molar-refractivity contribution in [2.75, 3.05) is 26.3 Å². The van der Waals surface area contributed by atoms with Crippen molar-refractivity contribution in [3.63, 3.8) is 0 Å². The lowest BCUT2D eigenvalue weighted by molar-refractivity contribution is -0.148. The van der Waals surface area contributed by atoms with E-state index in [-0.39, 0.29) is 17.4 Å². The van der Waals surface area contributed by atoms with E-state index < -0.39 is 0 Å². The molecular weight excluding hydrogens is 346 g/mol. The number of likely N-dealkylation sites (tertiary alicyclic amines) is 1. The number of carbonyl (C=O) groups is 1. The Morgan fingerprint density at radius 1 is 1.41 bits per heavy atom. The van der Waals surface area contributed by atoms with Crippen LogP contribution in [-0.4, -0.2) is 53.4 Å². The van der Waals surface area contributed by atoms with Crippen LogP contribution in [0.1, 0.15) is 40.9 Å². The Bertz CT molecular complexity index is 779. The molecule has 2 saturated heterocycles. The first-order valence-corrected chi connectivity index (χ1v) is 9.46. The molecule has 4 heterocycles. The van der Waals surface area contributed by atoms with Crippen molar-refractivity contribution in [1.29, 1.82) is 0 Å². The number of amides is 1. The smallest absolute Gasteiger partial charge is 0.259 e. The van der Waals surface area contributed by atoms with Gasteiger partial charge in [0.1, 0.15) is 11.8 Å². The number of ether oxygens (including phenoxy) is 2. The van der Waals surface area contributed by atoms with Gasteiger partial charge >= 0.3 is 0 Å². The number of piperidine rings is 1. The minimum absolute atomic E-state index is 0.0220. The zero-order valence-electron chi connectivity index (χ0n) is 15.6. The summed E-state index contributed by atoms with van der Waals surface area (Å²) in [6, 6.07) is 3.91. The van der Waals surface area contributed by atoms with Crippen molar-refractivity contribution in [2.24, 2.45) is 5.41 Å². The molecule has 0 aliphatic carbocycles. The molecule has 0 aromatic carbocycles. The van der Waals surface area contributed by atoms with Gasteiger partial charge in [-0.05, 0) is 43.9 Å². The van der Waals surface area contributed by atoms with Crippen molar-refractivity contribution < 1.29 is 18.8 Å². The number of nitrogens with zero attached hydrogens (tertiary/aromatic N) is 3. The summed E-state index contributed by atoms with van der Waals surface area (Å²) in [5.74, 6) is -0.0220. The Labute approximate surface area is 158 Å². The van der Waals surface area contributed by atoms with Crippen LogP contribution in [0.15, 0.2) is 35.3 Å². The first-order chi connectivity index (χ1) is 13.2. The van der Waals surface area contributed by atoms with Crippen LogP contribution in [0.4, 0.5) is 0 Å². The minimum Gasteiger partial charge on any atom is -0.377 e. The van der Waals surface area contributed by atoms with E-state index in [1.54, 1.807) is 19.3 Å². The Morgan fingerprint density at radius 2 is 2.26 bits per heavy atom. The molecule has 4 rings (SSSR count). The zero-order chi connectivity index (χ0) is 18.7. The molecular formula is C20H25N3O4. The van der Waals surface area contributed by atoms with Crippen LogP contribution in [0.25, 0.3) is 0 Å². The van der Waals surface area contributed by atoms with E-state index in [1.807, 2.05) is 17.0 Å². The number of aromatic nitrogens is 2. The summed E-state index contributed by atoms with van der Waals surface area (Å²) in [6.45, 7) is 5.01. The maximum Gasteiger partial charge on any atom is 0.259 e. The third-order valence-electron chi connectivity index (χ3n) is 5.66. The van der Waals surface area contributed by atoms with E-state index in [9.17, 15) is 4.79 Å². The van der Waals surface area contributed by atoms with Gasteiger partial charge in [0.05, 0.1) is 25.0 Å². The Hall–Kier alpha value is -2.25. The van der Waals surface area contributed by atoms with Crippen molar-refractivity contribution in [1.82, 2.24) is 15.0 Å². The first-order valence-electron chi connectivity index (χ1n) is 9.46. The highest BCUT2D eigenvalue weighted by molar-refractivity contribution is 5.94. The quantitative estimate of drug-likeness (QED) is 0.804. The SMILES string of the molecule is Cc1nocc1C(=O)N1CC[C@@H]2OCCC[C@]2(COCc2ccncc2)C1. The van der Waals surface area contributed by atoms with Crippen LogP contribution >= 0.6 is 0 Å². The molecule has 0 spiro atoms. The Balaban J connectivity index is 1.46. The molecule has 144 valence electrons. The summed E-state index contributed by atoms with van der Waals surface area (Å²) in [5.41, 5.74) is 2.10. The molecule has 2 aromatic rings. The predicted octanol–water partition coefficient (Wildman–Crippen LogP) is 2.61. The van der Waals surface area contributed by atoms with Crippen LogP contribution in [0, 0.1) is 12.3 Å². The summed E-state index contributed by atoms with van der Waals surface area (Å²) in [7, 11) is 0. The maximum absolute atomic E-state index is 12.9. The van der Waals surface area contributed by atoms with Gasteiger partial charge < -0.3 is 18.9 Å². The van der Waals surface area contributed by atoms with Crippen LogP contribution in [0.5, 0.6) is 0 Å². The highest BCUT2D eigenvalue weighted by atomic mass is 16.5. The van der Waals surface area contributed by atoms with Gasteiger partial charge in [-0.1, -0.05) is 5.16 Å². The minimum atomic E-state index is -0.162. The number of hydrogen-bond acceptors (Lipinski definition) is 6. The van der Waals surface area contributed by atoms with Gasteiger partial charge in [-0.3, -0.25) is 9.78 Å². The summed E-state index contributed by atoms with van der Waals surface area (Å²) in [4.78, 5) is 18.9. The number of aryl methyl sites for hydroxylation is 1. The second-order valence-electron chi connectivity index (χ2n) is 7.50. The number of hydrogen-bond donors (Lipinski definition) is 0. The lowest BCUT2D eigenvalue weighted by Gasteiger charge is -2.50. The molecule has 0 radical (unpaired) electrons. The topological polar surface area (TPSA) is 77.7 Å². The summed E-state index contributed by atoms with van der Waals surface area (Å²) < 4.78 is 17.1. The average molecular weight is 371 g/mol. The molecule has 0 N–H and O–H groups in total. The molecule has 2 aromatic heterocycles. The van der Waals surface area contributed by atoms with Gasteiger partial charge in [0.15, 0.2) is 0 Å². The second-order valence-corrected chi connectivity index (χ2v) is 7.50. The van der Waals surface area contributed by atoms with E-state index >= 15 is 0 Å². The van der Waals surface area contributed by atoms with Crippen LogP contribution < -0.4 is 0 Å². The molecule has 7 heteroatoms. The van der Waals surface area contributed by atoms with Gasteiger partial charge in [-0.25, -0.2) is 0 Å². The monoisotopic (exact) mass is 371 g/mol. The van der Waals surface area contributed by atoms with Crippen molar-refractivity contribution in [3.05, 3.63) is 47.6 Å². The highest BCUT2D eigenvalue weighted by Gasteiger charge is 2.47. The Kier molecular flexibility index (Phi) is 5.22. The van der Waals surface area contributed by atoms with Gasteiger partial charge in [0.25, 0.3) is 5.91 Å². The lowest BCUT2D eigenvalue weighted by Crippen LogP contribution is -2.58.